The number of hydrogen-bond donors (Lipinski definition) is 8. The van der Waals surface area contributed by atoms with Crippen molar-refractivity contribution in [1.29, 1.82) is 0 Å². The van der Waals surface area contributed by atoms with Crippen molar-refractivity contribution in [2.75, 3.05) is 65.0 Å². The Kier molecular flexibility index (Phi) is 32.5. The van der Waals surface area contributed by atoms with Crippen LogP contribution in [0.3, 0.4) is 0 Å². The van der Waals surface area contributed by atoms with Gasteiger partial charge in [-0.2, -0.15) is 0 Å². The van der Waals surface area contributed by atoms with Crippen molar-refractivity contribution in [3.63, 3.8) is 0 Å². The van der Waals surface area contributed by atoms with Crippen LogP contribution in [-0.2, 0) is 47.5 Å². The monoisotopic (exact) mass is 1120 g/mol. The lowest BCUT2D eigenvalue weighted by Gasteiger charge is -2.40. The summed E-state index contributed by atoms with van der Waals surface area (Å²) in [6.45, 7) is 25.1. The first kappa shape index (κ1) is 70.9. The highest BCUT2D eigenvalue weighted by atomic mass is 33.1. The molecule has 0 aliphatic heterocycles. The molecule has 8 N–H and O–H groups in total. The third-order valence-electron chi connectivity index (χ3n) is 11.1. The van der Waals surface area contributed by atoms with E-state index in [9.17, 15) is 39.6 Å². The van der Waals surface area contributed by atoms with Gasteiger partial charge in [0.1, 0.15) is 18.2 Å². The second kappa shape index (κ2) is 34.8. The van der Waals surface area contributed by atoms with Crippen LogP contribution in [0.5, 0.6) is 0 Å². The average Bonchev–Trinajstić information content (AvgIpc) is 3.29. The lowest BCUT2D eigenvalue weighted by Crippen LogP contribution is -2.44. The van der Waals surface area contributed by atoms with Gasteiger partial charge in [-0.15, -0.1) is 0 Å². The van der Waals surface area contributed by atoms with E-state index in [-0.39, 0.29) is 56.9 Å². The molecule has 21 nitrogen and oxygen atoms in total. The summed E-state index contributed by atoms with van der Waals surface area (Å²) in [6, 6.07) is 5.66. The number of nitrogens with zero attached hydrogens (tertiary/aromatic N) is 1. The summed E-state index contributed by atoms with van der Waals surface area (Å²) < 4.78 is 48.3. The topological polar surface area (TPSA) is 292 Å². The smallest absolute Gasteiger partial charge is 0.407 e. The largest absolute Gasteiger partial charge is 0.481 e. The maximum Gasteiger partial charge on any atom is 0.407 e. The number of carbonyl (C=O) groups excluding carboxylic acids is 3. The van der Waals surface area contributed by atoms with E-state index in [1.54, 1.807) is 17.0 Å². The molecule has 442 valence electrons. The van der Waals surface area contributed by atoms with Gasteiger partial charge in [0.25, 0.3) is 0 Å². The summed E-state index contributed by atoms with van der Waals surface area (Å²) in [7, 11) is 3.09. The number of ether oxygens (including phenoxy) is 8. The zero-order valence-corrected chi connectivity index (χ0v) is 49.5. The van der Waals surface area contributed by atoms with E-state index >= 15 is 0 Å². The fourth-order valence-corrected chi connectivity index (χ4v) is 10.1. The summed E-state index contributed by atoms with van der Waals surface area (Å²) in [5.74, 6) is -0.653. The Morgan fingerprint density at radius 1 is 0.592 bits per heavy atom. The fourth-order valence-electron chi connectivity index (χ4n) is 8.27. The normalized spacial score (nSPS) is 15.2. The number of amides is 3. The van der Waals surface area contributed by atoms with Gasteiger partial charge < -0.3 is 79.4 Å². The number of carboxylic acid groups (broad SMARTS) is 1. The molecule has 3 amide bonds. The van der Waals surface area contributed by atoms with Crippen molar-refractivity contribution in [2.45, 2.75) is 207 Å². The van der Waals surface area contributed by atoms with Crippen LogP contribution in [0.15, 0.2) is 29.4 Å². The van der Waals surface area contributed by atoms with E-state index < -0.39 is 109 Å². The summed E-state index contributed by atoms with van der Waals surface area (Å²) in [6.07, 6.45) is -2.86. The second-order valence-electron chi connectivity index (χ2n) is 23.8. The van der Waals surface area contributed by atoms with Crippen molar-refractivity contribution in [3.05, 3.63) is 24.4 Å². The molecule has 0 saturated heterocycles. The molecule has 76 heavy (non-hydrogen) atoms. The van der Waals surface area contributed by atoms with Gasteiger partial charge in [-0.05, 0) is 126 Å². The van der Waals surface area contributed by atoms with Crippen LogP contribution in [-0.4, -0.2) is 174 Å². The number of hydrogen-bond acceptors (Lipinski definition) is 19. The van der Waals surface area contributed by atoms with Crippen molar-refractivity contribution in [1.82, 2.24) is 20.9 Å². The van der Waals surface area contributed by atoms with Gasteiger partial charge in [0, 0.05) is 38.0 Å². The van der Waals surface area contributed by atoms with Gasteiger partial charge in [-0.1, -0.05) is 65.3 Å². The number of aromatic nitrogens is 1. The van der Waals surface area contributed by atoms with E-state index in [0.717, 1.165) is 5.03 Å². The Morgan fingerprint density at radius 2 is 1.11 bits per heavy atom. The maximum atomic E-state index is 12.7. The zero-order valence-electron chi connectivity index (χ0n) is 47.9. The Balaban J connectivity index is 3.01. The lowest BCUT2D eigenvalue weighted by molar-refractivity contribution is -0.252. The average molecular weight is 1130 g/mol. The van der Waals surface area contributed by atoms with Gasteiger partial charge in [-0.25, -0.2) is 14.6 Å². The standard InChI is InChI=1S/C53H96N4O17S2/c1-48(2,3)27-37(30-58)69-43(33-61)73-52(11,12)21-20-50(7,8)28-38(31-59)71-45(35-68-47(66)57-24-19-42(63)64)74-53(13,14)36-51(9,10)29-39(32-60)70-44(72-49(4,5)6)34-67-46(65)56-23-18-40(62)54-25-26-75-76-41-17-15-16-22-55-41/h15-17,22,37-39,43-45,58-61H,18-21,23-36H2,1-14H3,(H,54,62)(H,56,65)(H,57,66)(H,63,64). The van der Waals surface area contributed by atoms with E-state index in [4.69, 9.17) is 43.0 Å². The Bertz CT molecular complexity index is 1800. The molecule has 0 fully saturated rings. The van der Waals surface area contributed by atoms with Crippen molar-refractivity contribution < 1.29 is 82.6 Å². The van der Waals surface area contributed by atoms with Gasteiger partial charge in [0.15, 0.2) is 18.9 Å². The minimum atomic E-state index is -1.20. The molecule has 1 aromatic rings. The number of alkyl carbamates (subject to hydrolysis) is 2. The Morgan fingerprint density at radius 3 is 1.61 bits per heavy atom. The molecule has 0 saturated carbocycles. The molecular formula is C53H96N4O17S2. The SMILES string of the molecule is CC(C)(C)CC(CO)OC(CO)OC(C)(C)CCC(C)(C)CC(CO)OC(COC(=O)NCCC(=O)O)OC(C)(C)CC(C)(C)CC(CO)OC(COC(=O)NCCC(=O)NCCSSc1ccccn1)OC(C)(C)C. The Labute approximate surface area is 460 Å². The molecular weight excluding hydrogens is 1030 g/mol. The zero-order chi connectivity index (χ0) is 57.8. The lowest BCUT2D eigenvalue weighted by atomic mass is 9.77. The second-order valence-corrected chi connectivity index (χ2v) is 26.3. The number of aliphatic carboxylic acids is 1. The fraction of sp³-hybridized carbons (Fsp3) is 0.830. The third-order valence-corrected chi connectivity index (χ3v) is 13.4. The predicted octanol–water partition coefficient (Wildman–Crippen LogP) is 7.20. The van der Waals surface area contributed by atoms with Crippen LogP contribution in [0.1, 0.15) is 148 Å². The van der Waals surface area contributed by atoms with Gasteiger partial charge in [0.2, 0.25) is 5.91 Å². The van der Waals surface area contributed by atoms with Crippen LogP contribution in [0, 0.1) is 16.2 Å². The number of aliphatic hydroxyl groups excluding tert-OH is 4. The van der Waals surface area contributed by atoms with Crippen LogP contribution in [0.25, 0.3) is 0 Å². The maximum absolute atomic E-state index is 12.7. The van der Waals surface area contributed by atoms with Crippen molar-refractivity contribution in [3.8, 4) is 0 Å². The minimum absolute atomic E-state index is 0.0401. The van der Waals surface area contributed by atoms with E-state index in [1.807, 2.05) is 115 Å². The van der Waals surface area contributed by atoms with Crippen molar-refractivity contribution in [2.24, 2.45) is 16.2 Å². The molecule has 0 aromatic carbocycles. The van der Waals surface area contributed by atoms with Gasteiger partial charge >= 0.3 is 18.2 Å². The highest BCUT2D eigenvalue weighted by molar-refractivity contribution is 8.76. The Hall–Kier alpha value is -3.07. The van der Waals surface area contributed by atoms with E-state index in [1.165, 1.54) is 10.8 Å². The number of rotatable bonds is 40. The number of carbonyl (C=O) groups is 4. The third kappa shape index (κ3) is 36.2. The van der Waals surface area contributed by atoms with Crippen LogP contribution in [0.2, 0.25) is 0 Å². The molecule has 1 heterocycles. The molecule has 0 aliphatic carbocycles. The quantitative estimate of drug-likeness (QED) is 0.0183. The highest BCUT2D eigenvalue weighted by Gasteiger charge is 2.38. The molecule has 0 bridgehead atoms. The first-order valence-corrected chi connectivity index (χ1v) is 28.4. The molecule has 6 atom stereocenters. The molecule has 0 spiro atoms. The molecule has 0 aliphatic rings. The van der Waals surface area contributed by atoms with Gasteiger partial charge in [0.05, 0.1) is 68.0 Å². The van der Waals surface area contributed by atoms with Crippen LogP contribution in [0.4, 0.5) is 9.59 Å². The van der Waals surface area contributed by atoms with Crippen molar-refractivity contribution >= 4 is 45.7 Å². The number of carboxylic acids is 1. The van der Waals surface area contributed by atoms with Crippen LogP contribution >= 0.6 is 21.6 Å². The molecule has 0 radical (unpaired) electrons. The molecule has 1 rings (SSSR count). The number of aliphatic hydroxyl groups is 4. The van der Waals surface area contributed by atoms with Crippen LogP contribution < -0.4 is 16.0 Å². The number of nitrogens with one attached hydrogen (secondary N) is 3. The predicted molar refractivity (Wildman–Crippen MR) is 291 cm³/mol. The number of pyridine rings is 1. The van der Waals surface area contributed by atoms with Gasteiger partial charge in [-0.3, -0.25) is 9.59 Å². The van der Waals surface area contributed by atoms with E-state index in [2.05, 4.69) is 20.9 Å². The molecule has 23 heteroatoms. The molecule has 6 unspecified atom stereocenters. The minimum Gasteiger partial charge on any atom is -0.481 e. The summed E-state index contributed by atoms with van der Waals surface area (Å²) in [4.78, 5) is 53.0. The first-order chi connectivity index (χ1) is 35.2. The summed E-state index contributed by atoms with van der Waals surface area (Å²) in [5, 5.41) is 59.0. The summed E-state index contributed by atoms with van der Waals surface area (Å²) in [5.41, 5.74) is -3.62. The van der Waals surface area contributed by atoms with E-state index in [0.29, 0.717) is 44.4 Å². The molecule has 1 aromatic heterocycles. The first-order valence-electron chi connectivity index (χ1n) is 26.1. The summed E-state index contributed by atoms with van der Waals surface area (Å²) >= 11 is 0. The highest BCUT2D eigenvalue weighted by Crippen LogP contribution is 2.38.